The summed E-state index contributed by atoms with van der Waals surface area (Å²) in [7, 11) is 0. The van der Waals surface area contributed by atoms with Crippen LogP contribution >= 0.6 is 0 Å². The van der Waals surface area contributed by atoms with Crippen LogP contribution < -0.4 is 0 Å². The maximum absolute atomic E-state index is 13.0. The van der Waals surface area contributed by atoms with Crippen molar-refractivity contribution >= 4 is 5.78 Å². The molecule has 30 heavy (non-hydrogen) atoms. The first-order chi connectivity index (χ1) is 14.8. The van der Waals surface area contributed by atoms with Gasteiger partial charge < -0.3 is 0 Å². The van der Waals surface area contributed by atoms with E-state index in [1.807, 2.05) is 0 Å². The molecular formula is C28H33NO. The number of nitrogens with zero attached hydrogens (tertiary/aromatic N) is 1. The van der Waals surface area contributed by atoms with Crippen molar-refractivity contribution in [2.45, 2.75) is 63.8 Å². The van der Waals surface area contributed by atoms with Gasteiger partial charge in [0.1, 0.15) is 0 Å². The zero-order chi connectivity index (χ0) is 20.3. The Labute approximate surface area is 181 Å². The normalized spacial score (nSPS) is 22.5. The molecule has 0 unspecified atom stereocenters. The van der Waals surface area contributed by atoms with Gasteiger partial charge in [-0.05, 0) is 67.3 Å². The van der Waals surface area contributed by atoms with Gasteiger partial charge in [-0.15, -0.1) is 0 Å². The summed E-state index contributed by atoms with van der Waals surface area (Å²) in [5.41, 5.74) is 6.15. The number of rotatable bonds is 4. The molecule has 0 radical (unpaired) electrons. The molecule has 0 aromatic heterocycles. The fourth-order valence-corrected chi connectivity index (χ4v) is 5.67. The number of benzene rings is 2. The lowest BCUT2D eigenvalue weighted by Gasteiger charge is -2.30. The average molecular weight is 400 g/mol. The highest BCUT2D eigenvalue weighted by Gasteiger charge is 2.28. The molecule has 1 heterocycles. The minimum Gasteiger partial charge on any atom is -0.299 e. The summed E-state index contributed by atoms with van der Waals surface area (Å²) >= 11 is 0. The van der Waals surface area contributed by atoms with Crippen molar-refractivity contribution in [1.82, 2.24) is 4.90 Å². The molecule has 1 saturated heterocycles. The monoisotopic (exact) mass is 399 g/mol. The Hall–Kier alpha value is -2.19. The van der Waals surface area contributed by atoms with Gasteiger partial charge in [-0.2, -0.15) is 0 Å². The molecule has 5 rings (SSSR count). The summed E-state index contributed by atoms with van der Waals surface area (Å²) in [6, 6.07) is 17.4. The minimum absolute atomic E-state index is 0.284. The first-order valence-corrected chi connectivity index (χ1v) is 11.9. The smallest absolute Gasteiger partial charge is 0.189 e. The highest BCUT2D eigenvalue weighted by molar-refractivity contribution is 6.13. The largest absolute Gasteiger partial charge is 0.299 e. The summed E-state index contributed by atoms with van der Waals surface area (Å²) in [4.78, 5) is 15.5. The maximum atomic E-state index is 13.0. The molecule has 1 saturated carbocycles. The first kappa shape index (κ1) is 19.8. The number of allylic oxidation sites excluding steroid dienone is 2. The highest BCUT2D eigenvalue weighted by Crippen LogP contribution is 2.36. The summed E-state index contributed by atoms with van der Waals surface area (Å²) in [6.45, 7) is 3.28. The molecule has 0 amide bonds. The number of hydrogen-bond donors (Lipinski definition) is 0. The fourth-order valence-electron chi connectivity index (χ4n) is 5.67. The minimum atomic E-state index is 0.284. The second-order valence-electron chi connectivity index (χ2n) is 9.55. The standard InChI is InChI=1S/C28H33NO/c30-28-26(17-21-13-15-29(16-14-21)20-22-7-3-1-4-8-22)19-25-18-24(11-12-27(25)28)23-9-5-2-6-10-23/h1,3-4,7-8,11-12,17-18,21,23H,2,5-6,9-10,13-16,19-20H2/b26-17+. The number of carbonyl (C=O) groups is 1. The van der Waals surface area contributed by atoms with Gasteiger partial charge >= 0.3 is 0 Å². The van der Waals surface area contributed by atoms with Crippen LogP contribution in [0.4, 0.5) is 0 Å². The molecule has 2 aromatic rings. The van der Waals surface area contributed by atoms with Crippen LogP contribution in [0, 0.1) is 5.92 Å². The molecule has 2 fully saturated rings. The van der Waals surface area contributed by atoms with Crippen molar-refractivity contribution in [1.29, 1.82) is 0 Å². The van der Waals surface area contributed by atoms with Gasteiger partial charge in [0.15, 0.2) is 5.78 Å². The molecule has 0 bridgehead atoms. The fraction of sp³-hybridized carbons (Fsp3) is 0.464. The van der Waals surface area contributed by atoms with E-state index in [-0.39, 0.29) is 5.78 Å². The van der Waals surface area contributed by atoms with E-state index in [4.69, 9.17) is 0 Å². The van der Waals surface area contributed by atoms with Crippen molar-refractivity contribution in [2.24, 2.45) is 5.92 Å². The van der Waals surface area contributed by atoms with E-state index in [1.54, 1.807) is 0 Å². The highest BCUT2D eigenvalue weighted by atomic mass is 16.1. The first-order valence-electron chi connectivity index (χ1n) is 11.9. The topological polar surface area (TPSA) is 20.3 Å². The van der Waals surface area contributed by atoms with Crippen LogP contribution in [0.5, 0.6) is 0 Å². The second-order valence-corrected chi connectivity index (χ2v) is 9.55. The van der Waals surface area contributed by atoms with E-state index in [0.717, 1.165) is 50.0 Å². The molecule has 0 N–H and O–H groups in total. The van der Waals surface area contributed by atoms with Crippen molar-refractivity contribution in [3.63, 3.8) is 0 Å². The number of likely N-dealkylation sites (tertiary alicyclic amines) is 1. The molecule has 0 atom stereocenters. The lowest BCUT2D eigenvalue weighted by atomic mass is 9.83. The predicted molar refractivity (Wildman–Crippen MR) is 123 cm³/mol. The van der Waals surface area contributed by atoms with Crippen LogP contribution in [0.1, 0.15) is 77.9 Å². The summed E-state index contributed by atoms with van der Waals surface area (Å²) in [6.07, 6.45) is 12.2. The van der Waals surface area contributed by atoms with Gasteiger partial charge in [0.05, 0.1) is 0 Å². The number of fused-ring (bicyclic) bond motifs is 1. The number of Topliss-reactive ketones (excluding diaryl/α,β-unsaturated/α-hetero) is 1. The summed E-state index contributed by atoms with van der Waals surface area (Å²) in [5.74, 6) is 1.54. The maximum Gasteiger partial charge on any atom is 0.189 e. The lowest BCUT2D eigenvalue weighted by molar-refractivity contribution is 0.103. The van der Waals surface area contributed by atoms with Gasteiger partial charge in [0, 0.05) is 24.1 Å². The van der Waals surface area contributed by atoms with Crippen LogP contribution in [0.2, 0.25) is 0 Å². The number of carbonyl (C=O) groups excluding carboxylic acids is 1. The van der Waals surface area contributed by atoms with Gasteiger partial charge in [-0.3, -0.25) is 9.69 Å². The van der Waals surface area contributed by atoms with Crippen LogP contribution in [0.3, 0.4) is 0 Å². The van der Waals surface area contributed by atoms with Crippen molar-refractivity contribution < 1.29 is 4.79 Å². The number of hydrogen-bond acceptors (Lipinski definition) is 2. The molecule has 1 aliphatic heterocycles. The Morgan fingerprint density at radius 3 is 2.43 bits per heavy atom. The third-order valence-corrected chi connectivity index (χ3v) is 7.44. The molecule has 2 aromatic carbocycles. The quantitative estimate of drug-likeness (QED) is 0.561. The van der Waals surface area contributed by atoms with Gasteiger partial charge in [-0.25, -0.2) is 0 Å². The average Bonchev–Trinajstić information content (AvgIpc) is 3.11. The van der Waals surface area contributed by atoms with E-state index in [1.165, 1.54) is 48.8 Å². The Morgan fingerprint density at radius 1 is 0.900 bits per heavy atom. The molecular weight excluding hydrogens is 366 g/mol. The van der Waals surface area contributed by atoms with E-state index < -0.39 is 0 Å². The number of ketones is 1. The SMILES string of the molecule is O=C1/C(=C/C2CCN(Cc3ccccc3)CC2)Cc2cc(C3CCCCC3)ccc21. The van der Waals surface area contributed by atoms with Crippen molar-refractivity contribution in [3.05, 3.63) is 82.4 Å². The van der Waals surface area contributed by atoms with Gasteiger partial charge in [0.25, 0.3) is 0 Å². The van der Waals surface area contributed by atoms with Crippen LogP contribution in [0.25, 0.3) is 0 Å². The molecule has 3 aliphatic rings. The Balaban J connectivity index is 1.21. The van der Waals surface area contributed by atoms with Crippen molar-refractivity contribution in [3.8, 4) is 0 Å². The third kappa shape index (κ3) is 4.30. The number of piperidine rings is 1. The van der Waals surface area contributed by atoms with E-state index >= 15 is 0 Å². The lowest BCUT2D eigenvalue weighted by Crippen LogP contribution is -2.32. The zero-order valence-electron chi connectivity index (χ0n) is 18.0. The van der Waals surface area contributed by atoms with Crippen LogP contribution in [0.15, 0.2) is 60.2 Å². The van der Waals surface area contributed by atoms with E-state index in [2.05, 4.69) is 59.5 Å². The third-order valence-electron chi connectivity index (χ3n) is 7.44. The van der Waals surface area contributed by atoms with Crippen LogP contribution in [-0.2, 0) is 13.0 Å². The summed E-state index contributed by atoms with van der Waals surface area (Å²) < 4.78 is 0. The summed E-state index contributed by atoms with van der Waals surface area (Å²) in [5, 5.41) is 0. The Kier molecular flexibility index (Phi) is 5.86. The van der Waals surface area contributed by atoms with Crippen molar-refractivity contribution in [2.75, 3.05) is 13.1 Å². The molecule has 156 valence electrons. The van der Waals surface area contributed by atoms with Gasteiger partial charge in [0.2, 0.25) is 0 Å². The Morgan fingerprint density at radius 2 is 1.67 bits per heavy atom. The Bertz CT molecular complexity index is 915. The predicted octanol–water partition coefficient (Wildman–Crippen LogP) is 6.31. The van der Waals surface area contributed by atoms with Gasteiger partial charge in [-0.1, -0.05) is 73.9 Å². The van der Waals surface area contributed by atoms with E-state index in [9.17, 15) is 4.79 Å². The molecule has 0 spiro atoms. The van der Waals surface area contributed by atoms with Crippen LogP contribution in [-0.4, -0.2) is 23.8 Å². The second kappa shape index (κ2) is 8.89. The van der Waals surface area contributed by atoms with E-state index in [0.29, 0.717) is 11.8 Å². The molecule has 2 heteroatoms. The zero-order valence-corrected chi connectivity index (χ0v) is 18.0. The molecule has 2 aliphatic carbocycles. The molecule has 2 nitrogen and oxygen atoms in total.